The summed E-state index contributed by atoms with van der Waals surface area (Å²) in [6.07, 6.45) is 1.77. The van der Waals surface area contributed by atoms with Gasteiger partial charge in [0.25, 0.3) is 0 Å². The Balaban J connectivity index is 1.93. The fourth-order valence-electron chi connectivity index (χ4n) is 0.798. The van der Waals surface area contributed by atoms with Crippen molar-refractivity contribution in [3.05, 3.63) is 16.6 Å². The minimum absolute atomic E-state index is 0.312. The summed E-state index contributed by atoms with van der Waals surface area (Å²) in [5.74, 6) is 0.312. The van der Waals surface area contributed by atoms with Gasteiger partial charge in [-0.3, -0.25) is 0 Å². The van der Waals surface area contributed by atoms with E-state index in [0.29, 0.717) is 12.5 Å². The standard InChI is InChI=1S/C6H7N5S2/c7-5-10-6(13-11-5)9-3-4-8-1-2-12-4/h1-2H,3H2,(H3,7,9,10,11). The molecule has 0 saturated heterocycles. The number of anilines is 2. The van der Waals surface area contributed by atoms with Crippen LogP contribution < -0.4 is 11.1 Å². The number of nitrogens with two attached hydrogens (primary N) is 1. The molecule has 0 spiro atoms. The molecule has 2 heterocycles. The molecule has 2 rings (SSSR count). The van der Waals surface area contributed by atoms with Gasteiger partial charge in [0.15, 0.2) is 0 Å². The topological polar surface area (TPSA) is 76.7 Å². The smallest absolute Gasteiger partial charge is 0.233 e. The molecular formula is C6H7N5S2. The van der Waals surface area contributed by atoms with Gasteiger partial charge in [0.1, 0.15) is 5.01 Å². The molecule has 0 atom stereocenters. The third kappa shape index (κ3) is 2.13. The van der Waals surface area contributed by atoms with Gasteiger partial charge in [-0.05, 0) is 0 Å². The maximum absolute atomic E-state index is 5.36. The van der Waals surface area contributed by atoms with E-state index in [9.17, 15) is 0 Å². The first kappa shape index (κ1) is 8.39. The Morgan fingerprint density at radius 2 is 2.46 bits per heavy atom. The van der Waals surface area contributed by atoms with Gasteiger partial charge < -0.3 is 11.1 Å². The average molecular weight is 213 g/mol. The quantitative estimate of drug-likeness (QED) is 0.800. The molecule has 0 radical (unpaired) electrons. The number of rotatable bonds is 3. The minimum atomic E-state index is 0.312. The molecule has 13 heavy (non-hydrogen) atoms. The van der Waals surface area contributed by atoms with E-state index in [1.165, 1.54) is 11.5 Å². The highest BCUT2D eigenvalue weighted by molar-refractivity contribution is 7.10. The number of aromatic nitrogens is 3. The molecule has 2 aromatic heterocycles. The first-order valence-corrected chi connectivity index (χ1v) is 5.21. The molecule has 68 valence electrons. The van der Waals surface area contributed by atoms with Crippen LogP contribution in [0.1, 0.15) is 5.01 Å². The number of nitrogen functional groups attached to an aromatic ring is 1. The lowest BCUT2D eigenvalue weighted by Gasteiger charge is -1.95. The third-order valence-electron chi connectivity index (χ3n) is 1.32. The van der Waals surface area contributed by atoms with Crippen molar-refractivity contribution < 1.29 is 0 Å². The summed E-state index contributed by atoms with van der Waals surface area (Å²) in [6, 6.07) is 0. The zero-order valence-corrected chi connectivity index (χ0v) is 8.23. The summed E-state index contributed by atoms with van der Waals surface area (Å²) in [5.41, 5.74) is 5.36. The van der Waals surface area contributed by atoms with E-state index in [4.69, 9.17) is 5.73 Å². The largest absolute Gasteiger partial charge is 0.367 e. The first-order chi connectivity index (χ1) is 6.34. The SMILES string of the molecule is Nc1nsc(NCc2nccs2)n1. The number of hydrogen-bond acceptors (Lipinski definition) is 7. The lowest BCUT2D eigenvalue weighted by Crippen LogP contribution is -1.98. The van der Waals surface area contributed by atoms with Crippen LogP contribution >= 0.6 is 22.9 Å². The number of nitrogens with one attached hydrogen (secondary N) is 1. The normalized spacial score (nSPS) is 10.2. The van der Waals surface area contributed by atoms with E-state index in [1.54, 1.807) is 17.5 Å². The second kappa shape index (κ2) is 3.67. The van der Waals surface area contributed by atoms with Gasteiger partial charge in [-0.25, -0.2) is 4.98 Å². The number of hydrogen-bond donors (Lipinski definition) is 2. The Labute approximate surface area is 82.8 Å². The van der Waals surface area contributed by atoms with E-state index in [1.807, 2.05) is 5.38 Å². The first-order valence-electron chi connectivity index (χ1n) is 3.56. The molecule has 3 N–H and O–H groups in total. The molecule has 0 unspecified atom stereocenters. The summed E-state index contributed by atoms with van der Waals surface area (Å²) in [5, 5.41) is 6.77. The van der Waals surface area contributed by atoms with E-state index in [-0.39, 0.29) is 0 Å². The van der Waals surface area contributed by atoms with E-state index in [0.717, 1.165) is 10.1 Å². The molecule has 5 nitrogen and oxygen atoms in total. The van der Waals surface area contributed by atoms with Crippen molar-refractivity contribution >= 4 is 33.9 Å². The number of thiazole rings is 1. The van der Waals surface area contributed by atoms with Crippen LogP contribution in [-0.2, 0) is 6.54 Å². The Kier molecular flexibility index (Phi) is 2.37. The second-order valence-corrected chi connectivity index (χ2v) is 3.97. The van der Waals surface area contributed by atoms with Crippen LogP contribution in [0.4, 0.5) is 11.1 Å². The summed E-state index contributed by atoms with van der Waals surface area (Å²) in [4.78, 5) is 8.08. The van der Waals surface area contributed by atoms with Gasteiger partial charge >= 0.3 is 0 Å². The van der Waals surface area contributed by atoms with E-state index >= 15 is 0 Å². The Morgan fingerprint density at radius 3 is 3.08 bits per heavy atom. The van der Waals surface area contributed by atoms with Gasteiger partial charge in [0.2, 0.25) is 11.1 Å². The molecule has 2 aromatic rings. The van der Waals surface area contributed by atoms with Crippen LogP contribution in [0, 0.1) is 0 Å². The van der Waals surface area contributed by atoms with Crippen molar-refractivity contribution in [2.24, 2.45) is 0 Å². The molecular weight excluding hydrogens is 206 g/mol. The zero-order valence-electron chi connectivity index (χ0n) is 6.60. The van der Waals surface area contributed by atoms with Crippen molar-refractivity contribution in [2.45, 2.75) is 6.54 Å². The third-order valence-corrected chi connectivity index (χ3v) is 2.78. The molecule has 0 aliphatic rings. The highest BCUT2D eigenvalue weighted by Crippen LogP contribution is 2.13. The number of nitrogens with zero attached hydrogens (tertiary/aromatic N) is 3. The lowest BCUT2D eigenvalue weighted by molar-refractivity contribution is 1.09. The molecule has 0 fully saturated rings. The minimum Gasteiger partial charge on any atom is -0.367 e. The van der Waals surface area contributed by atoms with Crippen LogP contribution in [-0.4, -0.2) is 14.3 Å². The summed E-state index contributed by atoms with van der Waals surface area (Å²) < 4.78 is 3.85. The van der Waals surface area contributed by atoms with Crippen LogP contribution in [0.5, 0.6) is 0 Å². The summed E-state index contributed by atoms with van der Waals surface area (Å²) in [7, 11) is 0. The maximum atomic E-state index is 5.36. The predicted molar refractivity (Wildman–Crippen MR) is 53.8 cm³/mol. The van der Waals surface area contributed by atoms with Crippen LogP contribution in [0.15, 0.2) is 11.6 Å². The molecule has 0 bridgehead atoms. The fraction of sp³-hybridized carbons (Fsp3) is 0.167. The molecule has 0 aliphatic carbocycles. The van der Waals surface area contributed by atoms with Crippen molar-refractivity contribution in [3.8, 4) is 0 Å². The van der Waals surface area contributed by atoms with Crippen LogP contribution in [0.3, 0.4) is 0 Å². The summed E-state index contributed by atoms with van der Waals surface area (Å²) >= 11 is 2.85. The van der Waals surface area contributed by atoms with Crippen molar-refractivity contribution in [3.63, 3.8) is 0 Å². The maximum Gasteiger partial charge on any atom is 0.233 e. The average Bonchev–Trinajstić information content (AvgIpc) is 2.71. The van der Waals surface area contributed by atoms with Crippen molar-refractivity contribution in [2.75, 3.05) is 11.1 Å². The highest BCUT2D eigenvalue weighted by Gasteiger charge is 2.00. The van der Waals surface area contributed by atoms with Crippen LogP contribution in [0.25, 0.3) is 0 Å². The van der Waals surface area contributed by atoms with Gasteiger partial charge in [-0.15, -0.1) is 11.3 Å². The predicted octanol–water partition coefficient (Wildman–Crippen LogP) is 1.19. The highest BCUT2D eigenvalue weighted by atomic mass is 32.1. The second-order valence-electron chi connectivity index (χ2n) is 2.24. The zero-order chi connectivity index (χ0) is 9.10. The molecule has 0 amide bonds. The molecule has 0 aliphatic heterocycles. The molecule has 0 saturated carbocycles. The molecule has 0 aromatic carbocycles. The van der Waals surface area contributed by atoms with Gasteiger partial charge in [0.05, 0.1) is 6.54 Å². The van der Waals surface area contributed by atoms with Crippen molar-refractivity contribution in [1.82, 2.24) is 14.3 Å². The summed E-state index contributed by atoms with van der Waals surface area (Å²) in [6.45, 7) is 0.673. The van der Waals surface area contributed by atoms with E-state index in [2.05, 4.69) is 19.7 Å². The van der Waals surface area contributed by atoms with Crippen LogP contribution in [0.2, 0.25) is 0 Å². The van der Waals surface area contributed by atoms with Gasteiger partial charge in [-0.1, -0.05) is 0 Å². The Hall–Kier alpha value is -1.21. The van der Waals surface area contributed by atoms with Crippen molar-refractivity contribution in [1.29, 1.82) is 0 Å². The Morgan fingerprint density at radius 1 is 1.54 bits per heavy atom. The molecule has 7 heteroatoms. The lowest BCUT2D eigenvalue weighted by atomic mass is 10.7. The van der Waals surface area contributed by atoms with E-state index < -0.39 is 0 Å². The fourth-order valence-corrected chi connectivity index (χ4v) is 1.85. The monoisotopic (exact) mass is 213 g/mol. The van der Waals surface area contributed by atoms with Gasteiger partial charge in [-0.2, -0.15) is 9.36 Å². The van der Waals surface area contributed by atoms with Gasteiger partial charge in [0, 0.05) is 23.1 Å². The Bertz CT molecular complexity index is 368.